The topological polar surface area (TPSA) is 12.5 Å². The molecule has 0 aliphatic heterocycles. The highest BCUT2D eigenvalue weighted by atomic mass is 35.5. The molecule has 1 aliphatic rings. The molecule has 2 nitrogen and oxygen atoms in total. The number of halogens is 1. The lowest BCUT2D eigenvalue weighted by atomic mass is 9.81. The lowest BCUT2D eigenvalue weighted by Crippen LogP contribution is -2.32. The van der Waals surface area contributed by atoms with Crippen molar-refractivity contribution in [3.05, 3.63) is 35.9 Å². The number of nitrogens with zero attached hydrogens (tertiary/aromatic N) is 1. The highest BCUT2D eigenvalue weighted by molar-refractivity contribution is 5.85. The SMILES string of the molecule is CCN(CC)CCO[C@H]1CCCC[C@@H]1c1ccccc1.Cl. The molecular weight excluding hydrogens is 282 g/mol. The molecule has 0 N–H and O–H groups in total. The Hall–Kier alpha value is -0.570. The number of hydrogen-bond donors (Lipinski definition) is 0. The second kappa shape index (κ2) is 10.2. The van der Waals surface area contributed by atoms with E-state index in [4.69, 9.17) is 4.74 Å². The summed E-state index contributed by atoms with van der Waals surface area (Å²) in [7, 11) is 0. The zero-order valence-electron chi connectivity index (χ0n) is 13.5. The van der Waals surface area contributed by atoms with Gasteiger partial charge in [0.25, 0.3) is 0 Å². The molecule has 1 aliphatic carbocycles. The number of rotatable bonds is 7. The Morgan fingerprint density at radius 3 is 2.38 bits per heavy atom. The Labute approximate surface area is 136 Å². The summed E-state index contributed by atoms with van der Waals surface area (Å²) in [5.41, 5.74) is 1.46. The second-order valence-electron chi connectivity index (χ2n) is 5.74. The fraction of sp³-hybridized carbons (Fsp3) is 0.667. The van der Waals surface area contributed by atoms with Gasteiger partial charge in [-0.1, -0.05) is 57.0 Å². The monoisotopic (exact) mass is 311 g/mol. The summed E-state index contributed by atoms with van der Waals surface area (Å²) in [4.78, 5) is 2.43. The molecule has 0 spiro atoms. The number of hydrogen-bond acceptors (Lipinski definition) is 2. The molecule has 0 unspecified atom stereocenters. The van der Waals surface area contributed by atoms with Crippen LogP contribution in [0, 0.1) is 0 Å². The number of ether oxygens (including phenoxy) is 1. The van der Waals surface area contributed by atoms with Gasteiger partial charge in [-0.2, -0.15) is 0 Å². The van der Waals surface area contributed by atoms with Crippen molar-refractivity contribution >= 4 is 12.4 Å². The summed E-state index contributed by atoms with van der Waals surface area (Å²) in [5.74, 6) is 0.599. The third-order valence-electron chi connectivity index (χ3n) is 4.56. The van der Waals surface area contributed by atoms with Crippen LogP contribution in [-0.2, 0) is 4.74 Å². The highest BCUT2D eigenvalue weighted by Gasteiger charge is 2.26. The van der Waals surface area contributed by atoms with Crippen molar-refractivity contribution in [3.8, 4) is 0 Å². The maximum absolute atomic E-state index is 6.24. The minimum Gasteiger partial charge on any atom is -0.376 e. The predicted molar refractivity (Wildman–Crippen MR) is 92.4 cm³/mol. The van der Waals surface area contributed by atoms with Gasteiger partial charge in [0.2, 0.25) is 0 Å². The first kappa shape index (κ1) is 18.5. The zero-order valence-corrected chi connectivity index (χ0v) is 14.3. The lowest BCUT2D eigenvalue weighted by Gasteiger charge is -2.32. The van der Waals surface area contributed by atoms with Crippen LogP contribution in [0.4, 0.5) is 0 Å². The summed E-state index contributed by atoms with van der Waals surface area (Å²) >= 11 is 0. The molecular formula is C18H30ClNO. The average molecular weight is 312 g/mol. The summed E-state index contributed by atoms with van der Waals surface area (Å²) in [6.45, 7) is 8.60. The highest BCUT2D eigenvalue weighted by Crippen LogP contribution is 2.34. The molecule has 1 fully saturated rings. The van der Waals surface area contributed by atoms with Crippen molar-refractivity contribution in [2.45, 2.75) is 51.6 Å². The largest absolute Gasteiger partial charge is 0.376 e. The van der Waals surface area contributed by atoms with Crippen LogP contribution in [0.25, 0.3) is 0 Å². The van der Waals surface area contributed by atoms with Crippen LogP contribution in [0.1, 0.15) is 51.0 Å². The van der Waals surface area contributed by atoms with Crippen molar-refractivity contribution in [1.29, 1.82) is 0 Å². The molecule has 0 bridgehead atoms. The number of benzene rings is 1. The van der Waals surface area contributed by atoms with Gasteiger partial charge in [0, 0.05) is 12.5 Å². The first-order valence-electron chi connectivity index (χ1n) is 8.24. The molecule has 0 aromatic heterocycles. The molecule has 1 aromatic rings. The van der Waals surface area contributed by atoms with E-state index in [2.05, 4.69) is 49.1 Å². The van der Waals surface area contributed by atoms with E-state index >= 15 is 0 Å². The van der Waals surface area contributed by atoms with Crippen LogP contribution in [0.15, 0.2) is 30.3 Å². The first-order valence-corrected chi connectivity index (χ1v) is 8.24. The lowest BCUT2D eigenvalue weighted by molar-refractivity contribution is 0.00350. The fourth-order valence-corrected chi connectivity index (χ4v) is 3.25. The van der Waals surface area contributed by atoms with E-state index < -0.39 is 0 Å². The van der Waals surface area contributed by atoms with Crippen molar-refractivity contribution in [2.75, 3.05) is 26.2 Å². The van der Waals surface area contributed by atoms with E-state index in [0.717, 1.165) is 26.2 Å². The zero-order chi connectivity index (χ0) is 14.2. The standard InChI is InChI=1S/C18H29NO.ClH/c1-3-19(4-2)14-15-20-18-13-9-8-12-17(18)16-10-6-5-7-11-16;/h5-7,10-11,17-18H,3-4,8-9,12-15H2,1-2H3;1H/t17-,18+;/m1./s1. The van der Waals surface area contributed by atoms with Gasteiger partial charge in [0.1, 0.15) is 0 Å². The van der Waals surface area contributed by atoms with Crippen molar-refractivity contribution in [3.63, 3.8) is 0 Å². The normalized spacial score (nSPS) is 22.0. The molecule has 21 heavy (non-hydrogen) atoms. The van der Waals surface area contributed by atoms with Crippen LogP contribution in [0.2, 0.25) is 0 Å². The minimum atomic E-state index is 0. The molecule has 0 heterocycles. The van der Waals surface area contributed by atoms with E-state index in [0.29, 0.717) is 12.0 Å². The molecule has 120 valence electrons. The first-order chi connectivity index (χ1) is 9.85. The molecule has 1 aromatic carbocycles. The fourth-order valence-electron chi connectivity index (χ4n) is 3.25. The smallest absolute Gasteiger partial charge is 0.0644 e. The Morgan fingerprint density at radius 2 is 1.71 bits per heavy atom. The molecule has 2 rings (SSSR count). The maximum atomic E-state index is 6.24. The van der Waals surface area contributed by atoms with Crippen LogP contribution >= 0.6 is 12.4 Å². The quantitative estimate of drug-likeness (QED) is 0.735. The van der Waals surface area contributed by atoms with E-state index in [9.17, 15) is 0 Å². The maximum Gasteiger partial charge on any atom is 0.0644 e. The summed E-state index contributed by atoms with van der Waals surface area (Å²) in [5, 5.41) is 0. The molecule has 1 saturated carbocycles. The average Bonchev–Trinajstić information content (AvgIpc) is 2.53. The van der Waals surface area contributed by atoms with Gasteiger partial charge >= 0.3 is 0 Å². The Bertz CT molecular complexity index is 367. The van der Waals surface area contributed by atoms with E-state index in [1.54, 1.807) is 0 Å². The summed E-state index contributed by atoms with van der Waals surface area (Å²) in [6.07, 6.45) is 5.58. The van der Waals surface area contributed by atoms with E-state index in [1.165, 1.54) is 31.2 Å². The van der Waals surface area contributed by atoms with Gasteiger partial charge in [0.05, 0.1) is 12.7 Å². The molecule has 0 saturated heterocycles. The minimum absolute atomic E-state index is 0. The van der Waals surface area contributed by atoms with Crippen LogP contribution in [0.5, 0.6) is 0 Å². The van der Waals surface area contributed by atoms with Crippen LogP contribution in [0.3, 0.4) is 0 Å². The van der Waals surface area contributed by atoms with Gasteiger partial charge < -0.3 is 9.64 Å². The van der Waals surface area contributed by atoms with Crippen LogP contribution < -0.4 is 0 Å². The van der Waals surface area contributed by atoms with Gasteiger partial charge in [-0.05, 0) is 31.5 Å². The van der Waals surface area contributed by atoms with Crippen molar-refractivity contribution in [1.82, 2.24) is 4.90 Å². The van der Waals surface area contributed by atoms with E-state index in [-0.39, 0.29) is 12.4 Å². The van der Waals surface area contributed by atoms with Gasteiger partial charge in [-0.15, -0.1) is 12.4 Å². The molecule has 0 radical (unpaired) electrons. The Balaban J connectivity index is 0.00000220. The molecule has 0 amide bonds. The third-order valence-corrected chi connectivity index (χ3v) is 4.56. The van der Waals surface area contributed by atoms with E-state index in [1.807, 2.05) is 0 Å². The van der Waals surface area contributed by atoms with Crippen molar-refractivity contribution in [2.24, 2.45) is 0 Å². The van der Waals surface area contributed by atoms with Gasteiger partial charge in [-0.3, -0.25) is 0 Å². The van der Waals surface area contributed by atoms with Crippen LogP contribution in [-0.4, -0.2) is 37.2 Å². The second-order valence-corrected chi connectivity index (χ2v) is 5.74. The van der Waals surface area contributed by atoms with Crippen molar-refractivity contribution < 1.29 is 4.74 Å². The third kappa shape index (κ3) is 5.61. The molecule has 2 atom stereocenters. The number of likely N-dealkylation sites (N-methyl/N-ethyl adjacent to an activating group) is 1. The molecule has 3 heteroatoms. The predicted octanol–water partition coefficient (Wildman–Crippen LogP) is 4.49. The Morgan fingerprint density at radius 1 is 1.05 bits per heavy atom. The Kier molecular flexibility index (Phi) is 8.98. The van der Waals surface area contributed by atoms with Gasteiger partial charge in [0.15, 0.2) is 0 Å². The van der Waals surface area contributed by atoms with Gasteiger partial charge in [-0.25, -0.2) is 0 Å². The summed E-state index contributed by atoms with van der Waals surface area (Å²) in [6, 6.07) is 10.9. The summed E-state index contributed by atoms with van der Waals surface area (Å²) < 4.78 is 6.24.